The van der Waals surface area contributed by atoms with E-state index in [2.05, 4.69) is 22.0 Å². The van der Waals surface area contributed by atoms with Crippen LogP contribution in [0.5, 0.6) is 5.75 Å². The molecule has 0 spiro atoms. The summed E-state index contributed by atoms with van der Waals surface area (Å²) in [6, 6.07) is 5.98. The summed E-state index contributed by atoms with van der Waals surface area (Å²) in [7, 11) is 1.66. The molecule has 1 N–H and O–H groups in total. The minimum Gasteiger partial charge on any atom is -0.496 e. The molecule has 2 nitrogen and oxygen atoms in total. The first-order valence-electron chi connectivity index (χ1n) is 5.18. The smallest absolute Gasteiger partial charge is 0.133 e. The molecular weight excluding hydrogens is 256 g/mol. The molecule has 0 unspecified atom stereocenters. The Hall–Kier alpha value is -0.540. The number of rotatable bonds is 4. The number of hydrogen-bond acceptors (Lipinski definition) is 2. The van der Waals surface area contributed by atoms with Gasteiger partial charge < -0.3 is 9.84 Å². The number of methoxy groups -OCH3 is 1. The van der Waals surface area contributed by atoms with Gasteiger partial charge in [0.2, 0.25) is 0 Å². The van der Waals surface area contributed by atoms with Gasteiger partial charge in [0.05, 0.1) is 17.2 Å². The minimum absolute atomic E-state index is 0.373. The molecule has 0 aromatic heterocycles. The van der Waals surface area contributed by atoms with Crippen molar-refractivity contribution in [3.05, 3.63) is 28.2 Å². The highest BCUT2D eigenvalue weighted by Crippen LogP contribution is 2.40. The number of benzene rings is 1. The molecule has 15 heavy (non-hydrogen) atoms. The Morgan fingerprint density at radius 2 is 2.20 bits per heavy atom. The van der Waals surface area contributed by atoms with Crippen LogP contribution in [0.15, 0.2) is 22.7 Å². The fraction of sp³-hybridized carbons (Fsp3) is 0.500. The van der Waals surface area contributed by atoms with E-state index in [-0.39, 0.29) is 5.60 Å². The predicted molar refractivity (Wildman–Crippen MR) is 63.2 cm³/mol. The van der Waals surface area contributed by atoms with Crippen molar-refractivity contribution in [2.75, 3.05) is 7.11 Å². The Balaban J connectivity index is 2.07. The minimum atomic E-state index is -0.373. The van der Waals surface area contributed by atoms with Crippen LogP contribution in [0.3, 0.4) is 0 Å². The fourth-order valence-electron chi connectivity index (χ4n) is 1.67. The van der Waals surface area contributed by atoms with Crippen molar-refractivity contribution in [2.45, 2.75) is 31.3 Å². The maximum Gasteiger partial charge on any atom is 0.133 e. The molecule has 1 aromatic rings. The highest BCUT2D eigenvalue weighted by molar-refractivity contribution is 9.10. The summed E-state index contributed by atoms with van der Waals surface area (Å²) in [5.74, 6) is 0.857. The Morgan fingerprint density at radius 3 is 2.80 bits per heavy atom. The molecule has 82 valence electrons. The summed E-state index contributed by atoms with van der Waals surface area (Å²) >= 11 is 3.52. The van der Waals surface area contributed by atoms with E-state index in [0.717, 1.165) is 35.9 Å². The molecule has 1 aliphatic rings. The third-order valence-corrected chi connectivity index (χ3v) is 3.85. The van der Waals surface area contributed by atoms with Gasteiger partial charge in [0.25, 0.3) is 0 Å². The first-order chi connectivity index (χ1) is 7.14. The second kappa shape index (κ2) is 4.14. The highest BCUT2D eigenvalue weighted by Gasteiger charge is 2.39. The predicted octanol–water partition coefficient (Wildman–Crippen LogP) is 2.92. The van der Waals surface area contributed by atoms with Crippen LogP contribution in [0, 0.1) is 0 Å². The van der Waals surface area contributed by atoms with Gasteiger partial charge in [0.1, 0.15) is 5.75 Å². The average Bonchev–Trinajstić information content (AvgIpc) is 2.96. The number of aliphatic hydroxyl groups is 1. The van der Waals surface area contributed by atoms with E-state index in [4.69, 9.17) is 4.74 Å². The van der Waals surface area contributed by atoms with E-state index in [0.29, 0.717) is 0 Å². The SMILES string of the molecule is COc1cccc(CCC2(O)CC2)c1Br. The molecule has 0 aliphatic heterocycles. The van der Waals surface area contributed by atoms with Gasteiger partial charge in [-0.15, -0.1) is 0 Å². The van der Waals surface area contributed by atoms with E-state index in [1.807, 2.05) is 12.1 Å². The van der Waals surface area contributed by atoms with Gasteiger partial charge >= 0.3 is 0 Å². The quantitative estimate of drug-likeness (QED) is 0.912. The third-order valence-electron chi connectivity index (χ3n) is 2.95. The molecule has 1 saturated carbocycles. The van der Waals surface area contributed by atoms with Crippen LogP contribution in [0.25, 0.3) is 0 Å². The van der Waals surface area contributed by atoms with Crippen molar-refractivity contribution >= 4 is 15.9 Å². The molecule has 1 aliphatic carbocycles. The number of hydrogen-bond donors (Lipinski definition) is 1. The van der Waals surface area contributed by atoms with Crippen LogP contribution in [-0.4, -0.2) is 17.8 Å². The lowest BCUT2D eigenvalue weighted by Gasteiger charge is -2.11. The molecule has 0 atom stereocenters. The third kappa shape index (κ3) is 2.52. The van der Waals surface area contributed by atoms with Crippen LogP contribution in [0.2, 0.25) is 0 Å². The fourth-order valence-corrected chi connectivity index (χ4v) is 2.29. The van der Waals surface area contributed by atoms with Gasteiger partial charge in [-0.25, -0.2) is 0 Å². The molecule has 0 bridgehead atoms. The summed E-state index contributed by atoms with van der Waals surface area (Å²) in [6.45, 7) is 0. The monoisotopic (exact) mass is 270 g/mol. The van der Waals surface area contributed by atoms with Gasteiger partial charge in [-0.1, -0.05) is 12.1 Å². The van der Waals surface area contributed by atoms with Crippen LogP contribution in [-0.2, 0) is 6.42 Å². The summed E-state index contributed by atoms with van der Waals surface area (Å²) in [4.78, 5) is 0. The van der Waals surface area contributed by atoms with Crippen LogP contribution in [0.1, 0.15) is 24.8 Å². The zero-order chi connectivity index (χ0) is 10.9. The van der Waals surface area contributed by atoms with Gasteiger partial charge in [0.15, 0.2) is 0 Å². The Morgan fingerprint density at radius 1 is 1.47 bits per heavy atom. The van der Waals surface area contributed by atoms with Crippen molar-refractivity contribution in [2.24, 2.45) is 0 Å². The lowest BCUT2D eigenvalue weighted by Crippen LogP contribution is -2.08. The van der Waals surface area contributed by atoms with Crippen LogP contribution >= 0.6 is 15.9 Å². The summed E-state index contributed by atoms with van der Waals surface area (Å²) < 4.78 is 6.23. The van der Waals surface area contributed by atoms with E-state index in [1.54, 1.807) is 7.11 Å². The normalized spacial score (nSPS) is 17.5. The van der Waals surface area contributed by atoms with E-state index in [9.17, 15) is 5.11 Å². The molecule has 1 aromatic carbocycles. The lowest BCUT2D eigenvalue weighted by molar-refractivity contribution is 0.140. The first kappa shape index (κ1) is 11.0. The highest BCUT2D eigenvalue weighted by atomic mass is 79.9. The van der Waals surface area contributed by atoms with Gasteiger partial charge in [-0.05, 0) is 53.2 Å². The summed E-state index contributed by atoms with van der Waals surface area (Å²) in [6.07, 6.45) is 3.65. The molecule has 2 rings (SSSR count). The Kier molecular flexibility index (Phi) is 3.03. The Bertz CT molecular complexity index is 359. The maximum absolute atomic E-state index is 9.76. The number of ether oxygens (including phenoxy) is 1. The first-order valence-corrected chi connectivity index (χ1v) is 5.98. The largest absolute Gasteiger partial charge is 0.496 e. The van der Waals surface area contributed by atoms with Crippen molar-refractivity contribution < 1.29 is 9.84 Å². The molecule has 0 radical (unpaired) electrons. The zero-order valence-corrected chi connectivity index (χ0v) is 10.4. The summed E-state index contributed by atoms with van der Waals surface area (Å²) in [5, 5.41) is 9.76. The average molecular weight is 271 g/mol. The van der Waals surface area contributed by atoms with Crippen LogP contribution in [0.4, 0.5) is 0 Å². The van der Waals surface area contributed by atoms with Gasteiger partial charge in [-0.2, -0.15) is 0 Å². The maximum atomic E-state index is 9.76. The zero-order valence-electron chi connectivity index (χ0n) is 8.79. The van der Waals surface area contributed by atoms with Crippen molar-refractivity contribution in [1.82, 2.24) is 0 Å². The van der Waals surface area contributed by atoms with Crippen molar-refractivity contribution in [3.8, 4) is 5.75 Å². The lowest BCUT2D eigenvalue weighted by atomic mass is 10.1. The molecule has 0 amide bonds. The number of halogens is 1. The second-order valence-electron chi connectivity index (χ2n) is 4.16. The standard InChI is InChI=1S/C12H15BrO2/c1-15-10-4-2-3-9(11(10)13)5-6-12(14)7-8-12/h2-4,14H,5-8H2,1H3. The van der Waals surface area contributed by atoms with Gasteiger partial charge in [-0.3, -0.25) is 0 Å². The molecular formula is C12H15BrO2. The van der Waals surface area contributed by atoms with E-state index < -0.39 is 0 Å². The topological polar surface area (TPSA) is 29.5 Å². The molecule has 1 fully saturated rings. The van der Waals surface area contributed by atoms with E-state index in [1.165, 1.54) is 5.56 Å². The van der Waals surface area contributed by atoms with Gasteiger partial charge in [0, 0.05) is 0 Å². The molecule has 0 heterocycles. The van der Waals surface area contributed by atoms with Crippen molar-refractivity contribution in [1.29, 1.82) is 0 Å². The van der Waals surface area contributed by atoms with E-state index >= 15 is 0 Å². The molecule has 0 saturated heterocycles. The van der Waals surface area contributed by atoms with Crippen molar-refractivity contribution in [3.63, 3.8) is 0 Å². The Labute approximate surface area is 98.4 Å². The summed E-state index contributed by atoms with van der Waals surface area (Å²) in [5.41, 5.74) is 0.831. The second-order valence-corrected chi connectivity index (χ2v) is 4.95. The number of aryl methyl sites for hydroxylation is 1. The van der Waals surface area contributed by atoms with Crippen LogP contribution < -0.4 is 4.74 Å². The molecule has 3 heteroatoms.